The Labute approximate surface area is 193 Å². The molecule has 0 radical (unpaired) electrons. The van der Waals surface area contributed by atoms with E-state index in [0.717, 1.165) is 17.3 Å². The fourth-order valence-electron chi connectivity index (χ4n) is 3.74. The minimum atomic E-state index is -4.60. The molecule has 0 aliphatic carbocycles. The van der Waals surface area contributed by atoms with Crippen LogP contribution < -0.4 is 5.32 Å². The van der Waals surface area contributed by atoms with Crippen molar-refractivity contribution in [2.24, 2.45) is 5.10 Å². The van der Waals surface area contributed by atoms with E-state index >= 15 is 0 Å². The van der Waals surface area contributed by atoms with Crippen LogP contribution in [0.5, 0.6) is 0 Å². The monoisotopic (exact) mass is 476 g/mol. The molecule has 0 spiro atoms. The number of nitrogens with one attached hydrogen (secondary N) is 1. The van der Waals surface area contributed by atoms with Gasteiger partial charge in [0.2, 0.25) is 5.91 Å². The quantitative estimate of drug-likeness (QED) is 0.731. The molecule has 3 heterocycles. The molecule has 2 aliphatic rings. The van der Waals surface area contributed by atoms with Crippen LogP contribution in [0.4, 0.5) is 18.0 Å². The lowest BCUT2D eigenvalue weighted by atomic mass is 10.0. The Morgan fingerprint density at radius 1 is 1.21 bits per heavy atom. The summed E-state index contributed by atoms with van der Waals surface area (Å²) in [5, 5.41) is 8.39. The van der Waals surface area contributed by atoms with Crippen molar-refractivity contribution in [1.29, 1.82) is 0 Å². The van der Waals surface area contributed by atoms with Crippen LogP contribution in [0.3, 0.4) is 0 Å². The van der Waals surface area contributed by atoms with E-state index in [0.29, 0.717) is 25.1 Å². The summed E-state index contributed by atoms with van der Waals surface area (Å²) in [5.74, 6) is -0.188. The van der Waals surface area contributed by atoms with Crippen LogP contribution in [-0.4, -0.2) is 69.9 Å². The van der Waals surface area contributed by atoms with Crippen molar-refractivity contribution in [2.45, 2.75) is 32.1 Å². The summed E-state index contributed by atoms with van der Waals surface area (Å²) in [5.41, 5.74) is 1.48. The number of ether oxygens (including phenoxy) is 1. The van der Waals surface area contributed by atoms with Crippen molar-refractivity contribution < 1.29 is 27.5 Å². The summed E-state index contributed by atoms with van der Waals surface area (Å²) < 4.78 is 43.4. The van der Waals surface area contributed by atoms with E-state index < -0.39 is 30.0 Å². The predicted molar refractivity (Wildman–Crippen MR) is 115 cm³/mol. The minimum absolute atomic E-state index is 0.0342. The van der Waals surface area contributed by atoms with Crippen molar-refractivity contribution in [2.75, 3.05) is 26.3 Å². The first kappa shape index (κ1) is 23.6. The van der Waals surface area contributed by atoms with E-state index in [4.69, 9.17) is 4.74 Å². The second-order valence-electron chi connectivity index (χ2n) is 8.08. The maximum atomic E-state index is 12.9. The Morgan fingerprint density at radius 2 is 1.94 bits per heavy atom. The number of hydrogen-bond acceptors (Lipinski definition) is 6. The molecule has 2 atom stereocenters. The van der Waals surface area contributed by atoms with Gasteiger partial charge in [0.1, 0.15) is 6.61 Å². The second kappa shape index (κ2) is 9.37. The Morgan fingerprint density at radius 3 is 2.56 bits per heavy atom. The standard InChI is InChI=1S/C22H23F3N6O3/c1-13-3-5-15(6-4-13)20-17(30-7-8-34-12-19(30)32)11-31(29-20)21(33)28-14(2)16-9-27-18(10-26-16)22(23,24)25/h3-6,9-10,14,17H,7-8,11-12H2,1-2H3,(H,28,33)/t14?,17-/m0/s1. The molecule has 1 N–H and O–H groups in total. The normalized spacial score (nSPS) is 19.7. The SMILES string of the molecule is Cc1ccc(C2=NN(C(=O)NC(C)c3cnc(C(F)(F)F)cn3)C[C@@H]2N2CCOCC2=O)cc1. The molecule has 34 heavy (non-hydrogen) atoms. The molecule has 9 nitrogen and oxygen atoms in total. The van der Waals surface area contributed by atoms with Gasteiger partial charge in [0, 0.05) is 6.54 Å². The summed E-state index contributed by atoms with van der Waals surface area (Å²) in [7, 11) is 0. The number of carbonyl (C=O) groups is 2. The zero-order chi connectivity index (χ0) is 24.5. The molecule has 2 aromatic rings. The van der Waals surface area contributed by atoms with Crippen LogP contribution in [0.25, 0.3) is 0 Å². The van der Waals surface area contributed by atoms with Crippen molar-refractivity contribution in [3.63, 3.8) is 0 Å². The zero-order valence-corrected chi connectivity index (χ0v) is 18.5. The number of aromatic nitrogens is 2. The number of aryl methyl sites for hydroxylation is 1. The summed E-state index contributed by atoms with van der Waals surface area (Å²) in [6.07, 6.45) is -2.99. The molecule has 2 aliphatic heterocycles. The smallest absolute Gasteiger partial charge is 0.370 e. The van der Waals surface area contributed by atoms with Gasteiger partial charge in [-0.25, -0.2) is 14.8 Å². The number of nitrogens with zero attached hydrogens (tertiary/aromatic N) is 5. The van der Waals surface area contributed by atoms with Gasteiger partial charge in [-0.2, -0.15) is 18.3 Å². The van der Waals surface area contributed by atoms with Crippen LogP contribution in [-0.2, 0) is 15.7 Å². The van der Waals surface area contributed by atoms with Crippen LogP contribution >= 0.6 is 0 Å². The van der Waals surface area contributed by atoms with E-state index in [1.54, 1.807) is 11.8 Å². The first-order valence-electron chi connectivity index (χ1n) is 10.6. The van der Waals surface area contributed by atoms with Crippen LogP contribution in [0, 0.1) is 6.92 Å². The van der Waals surface area contributed by atoms with E-state index in [2.05, 4.69) is 20.4 Å². The highest BCUT2D eigenvalue weighted by molar-refractivity contribution is 6.08. The maximum Gasteiger partial charge on any atom is 0.434 e. The average Bonchev–Trinajstić information content (AvgIpc) is 3.25. The van der Waals surface area contributed by atoms with Gasteiger partial charge in [-0.05, 0) is 19.4 Å². The molecular weight excluding hydrogens is 453 g/mol. The Hall–Kier alpha value is -3.54. The molecule has 1 aromatic carbocycles. The van der Waals surface area contributed by atoms with Crippen molar-refractivity contribution in [3.8, 4) is 0 Å². The van der Waals surface area contributed by atoms with Gasteiger partial charge < -0.3 is 15.0 Å². The third-order valence-corrected chi connectivity index (χ3v) is 5.62. The van der Waals surface area contributed by atoms with Crippen molar-refractivity contribution >= 4 is 17.6 Å². The van der Waals surface area contributed by atoms with E-state index in [1.807, 2.05) is 31.2 Å². The van der Waals surface area contributed by atoms with Gasteiger partial charge in [0.25, 0.3) is 0 Å². The highest BCUT2D eigenvalue weighted by atomic mass is 19.4. The Balaban J connectivity index is 1.52. The third kappa shape index (κ3) is 5.01. The first-order chi connectivity index (χ1) is 16.1. The fraction of sp³-hybridized carbons (Fsp3) is 0.409. The number of benzene rings is 1. The lowest BCUT2D eigenvalue weighted by Gasteiger charge is -2.32. The van der Waals surface area contributed by atoms with Gasteiger partial charge in [-0.1, -0.05) is 29.8 Å². The average molecular weight is 476 g/mol. The van der Waals surface area contributed by atoms with Gasteiger partial charge >= 0.3 is 12.2 Å². The van der Waals surface area contributed by atoms with Gasteiger partial charge in [0.05, 0.1) is 49.0 Å². The molecule has 12 heteroatoms. The molecule has 3 amide bonds. The summed E-state index contributed by atoms with van der Waals surface area (Å²) >= 11 is 0. The lowest BCUT2D eigenvalue weighted by molar-refractivity contribution is -0.144. The highest BCUT2D eigenvalue weighted by Crippen LogP contribution is 2.27. The zero-order valence-electron chi connectivity index (χ0n) is 18.5. The van der Waals surface area contributed by atoms with E-state index in [-0.39, 0.29) is 24.8 Å². The number of amides is 3. The van der Waals surface area contributed by atoms with Crippen LogP contribution in [0.1, 0.15) is 35.5 Å². The van der Waals surface area contributed by atoms with Crippen molar-refractivity contribution in [3.05, 3.63) is 59.2 Å². The molecule has 1 fully saturated rings. The van der Waals surface area contributed by atoms with Gasteiger partial charge in [-0.15, -0.1) is 0 Å². The molecule has 0 bridgehead atoms. The Bertz CT molecular complexity index is 1090. The lowest BCUT2D eigenvalue weighted by Crippen LogP contribution is -2.52. The maximum absolute atomic E-state index is 12.9. The molecule has 1 saturated heterocycles. The van der Waals surface area contributed by atoms with Crippen LogP contribution in [0.2, 0.25) is 0 Å². The summed E-state index contributed by atoms with van der Waals surface area (Å²) in [6, 6.07) is 5.87. The highest BCUT2D eigenvalue weighted by Gasteiger charge is 2.39. The van der Waals surface area contributed by atoms with Gasteiger partial charge in [-0.3, -0.25) is 9.78 Å². The fourth-order valence-corrected chi connectivity index (χ4v) is 3.74. The largest absolute Gasteiger partial charge is 0.434 e. The van der Waals surface area contributed by atoms with E-state index in [1.165, 1.54) is 5.01 Å². The topological polar surface area (TPSA) is 100 Å². The predicted octanol–water partition coefficient (Wildman–Crippen LogP) is 2.52. The second-order valence-corrected chi connectivity index (χ2v) is 8.08. The Kier molecular flexibility index (Phi) is 6.51. The third-order valence-electron chi connectivity index (χ3n) is 5.62. The van der Waals surface area contributed by atoms with E-state index in [9.17, 15) is 22.8 Å². The minimum Gasteiger partial charge on any atom is -0.370 e. The van der Waals surface area contributed by atoms with Crippen LogP contribution in [0.15, 0.2) is 41.8 Å². The van der Waals surface area contributed by atoms with Crippen molar-refractivity contribution in [1.82, 2.24) is 25.2 Å². The summed E-state index contributed by atoms with van der Waals surface area (Å²) in [6.45, 7) is 4.40. The number of rotatable bonds is 4. The molecular formula is C22H23F3N6O3. The molecule has 1 unspecified atom stereocenters. The number of carbonyl (C=O) groups excluding carboxylic acids is 2. The number of halogens is 3. The first-order valence-corrected chi connectivity index (χ1v) is 10.6. The molecule has 0 saturated carbocycles. The molecule has 180 valence electrons. The van der Waals surface area contributed by atoms with Gasteiger partial charge in [0.15, 0.2) is 5.69 Å². The summed E-state index contributed by atoms with van der Waals surface area (Å²) in [4.78, 5) is 34.2. The number of alkyl halides is 3. The number of hydrogen-bond donors (Lipinski definition) is 1. The number of urea groups is 1. The molecule has 1 aromatic heterocycles. The molecule has 4 rings (SSSR count). The number of morpholine rings is 1. The number of hydrazone groups is 1.